The summed E-state index contributed by atoms with van der Waals surface area (Å²) in [6.45, 7) is 0.988. The molecule has 1 saturated heterocycles. The third-order valence-electron chi connectivity index (χ3n) is 5.26. The van der Waals surface area contributed by atoms with Crippen molar-refractivity contribution in [1.29, 1.82) is 0 Å². The Balaban J connectivity index is 1.47. The molecular weight excluding hydrogens is 436 g/mol. The van der Waals surface area contributed by atoms with E-state index in [9.17, 15) is 4.79 Å². The van der Waals surface area contributed by atoms with Gasteiger partial charge in [0.25, 0.3) is 5.91 Å². The van der Waals surface area contributed by atoms with Gasteiger partial charge >= 0.3 is 0 Å². The zero-order valence-electron chi connectivity index (χ0n) is 17.3. The van der Waals surface area contributed by atoms with Crippen LogP contribution in [0.1, 0.15) is 39.9 Å². The van der Waals surface area contributed by atoms with Crippen molar-refractivity contribution in [2.75, 3.05) is 20.8 Å². The van der Waals surface area contributed by atoms with Crippen LogP contribution in [0.3, 0.4) is 0 Å². The quantitative estimate of drug-likeness (QED) is 0.476. The van der Waals surface area contributed by atoms with Gasteiger partial charge in [-0.3, -0.25) is 4.79 Å². The van der Waals surface area contributed by atoms with Crippen molar-refractivity contribution < 1.29 is 19.0 Å². The predicted molar refractivity (Wildman–Crippen MR) is 120 cm³/mol. The lowest BCUT2D eigenvalue weighted by Crippen LogP contribution is -2.31. The number of methoxy groups -OCH3 is 2. The third-order valence-corrected chi connectivity index (χ3v) is 6.33. The number of nitrogens with zero attached hydrogens (tertiary/aromatic N) is 2. The number of carbonyl (C=O) groups is 1. The fraction of sp³-hybridized carbons (Fsp3) is 0.304. The van der Waals surface area contributed by atoms with Gasteiger partial charge in [-0.15, -0.1) is 11.3 Å². The average Bonchev–Trinajstić information content (AvgIpc) is 3.48. The SMILES string of the molecule is COc1ccc(C2CCCN2C(=O)c2csc(COc3ccc(Cl)cc3)n2)c(OC)c1. The van der Waals surface area contributed by atoms with Crippen LogP contribution in [-0.4, -0.2) is 36.6 Å². The number of aromatic nitrogens is 1. The van der Waals surface area contributed by atoms with Crippen LogP contribution in [0.15, 0.2) is 47.8 Å². The highest BCUT2D eigenvalue weighted by Crippen LogP contribution is 2.39. The number of carbonyl (C=O) groups excluding carboxylic acids is 1. The first-order valence-corrected chi connectivity index (χ1v) is 11.2. The van der Waals surface area contributed by atoms with E-state index < -0.39 is 0 Å². The van der Waals surface area contributed by atoms with Gasteiger partial charge in [0.2, 0.25) is 0 Å². The van der Waals surface area contributed by atoms with Crippen molar-refractivity contribution in [3.63, 3.8) is 0 Å². The molecule has 1 amide bonds. The highest BCUT2D eigenvalue weighted by atomic mass is 35.5. The number of likely N-dealkylation sites (tertiary alicyclic amines) is 1. The van der Waals surface area contributed by atoms with Crippen molar-refractivity contribution in [3.8, 4) is 17.2 Å². The van der Waals surface area contributed by atoms with E-state index in [0.29, 0.717) is 29.6 Å². The number of amides is 1. The minimum absolute atomic E-state index is 0.0520. The molecule has 1 aliphatic heterocycles. The molecule has 1 unspecified atom stereocenters. The van der Waals surface area contributed by atoms with Gasteiger partial charge in [-0.2, -0.15) is 0 Å². The second-order valence-corrected chi connectivity index (χ2v) is 8.51. The molecule has 2 heterocycles. The molecule has 0 spiro atoms. The van der Waals surface area contributed by atoms with Gasteiger partial charge in [-0.25, -0.2) is 4.98 Å². The second-order valence-electron chi connectivity index (χ2n) is 7.13. The lowest BCUT2D eigenvalue weighted by molar-refractivity contribution is 0.0728. The number of benzene rings is 2. The summed E-state index contributed by atoms with van der Waals surface area (Å²) in [7, 11) is 3.25. The first-order chi connectivity index (χ1) is 15.1. The van der Waals surface area contributed by atoms with Crippen LogP contribution in [0.4, 0.5) is 0 Å². The number of thiazole rings is 1. The molecule has 0 bridgehead atoms. The third kappa shape index (κ3) is 4.78. The molecule has 4 rings (SSSR count). The molecule has 0 radical (unpaired) electrons. The Hall–Kier alpha value is -2.77. The average molecular weight is 459 g/mol. The number of hydrogen-bond donors (Lipinski definition) is 0. The van der Waals surface area contributed by atoms with Crippen LogP contribution in [-0.2, 0) is 6.61 Å². The normalized spacial score (nSPS) is 15.7. The van der Waals surface area contributed by atoms with Crippen molar-refractivity contribution in [1.82, 2.24) is 9.88 Å². The van der Waals surface area contributed by atoms with E-state index in [1.807, 2.05) is 23.1 Å². The number of rotatable bonds is 7. The highest BCUT2D eigenvalue weighted by molar-refractivity contribution is 7.09. The number of halogens is 1. The first kappa shape index (κ1) is 21.5. The monoisotopic (exact) mass is 458 g/mol. The summed E-state index contributed by atoms with van der Waals surface area (Å²) in [4.78, 5) is 19.6. The van der Waals surface area contributed by atoms with E-state index in [0.717, 1.165) is 34.9 Å². The Morgan fingerprint density at radius 2 is 1.94 bits per heavy atom. The molecule has 3 aromatic rings. The van der Waals surface area contributed by atoms with Gasteiger partial charge in [0, 0.05) is 28.6 Å². The van der Waals surface area contributed by atoms with Crippen molar-refractivity contribution in [2.45, 2.75) is 25.5 Å². The van der Waals surface area contributed by atoms with Crippen LogP contribution >= 0.6 is 22.9 Å². The minimum Gasteiger partial charge on any atom is -0.497 e. The molecule has 0 saturated carbocycles. The topological polar surface area (TPSA) is 60.9 Å². The zero-order chi connectivity index (χ0) is 21.8. The van der Waals surface area contributed by atoms with Crippen molar-refractivity contribution in [2.24, 2.45) is 0 Å². The van der Waals surface area contributed by atoms with E-state index in [4.69, 9.17) is 25.8 Å². The van der Waals surface area contributed by atoms with Crippen molar-refractivity contribution in [3.05, 3.63) is 69.1 Å². The summed E-state index contributed by atoms with van der Waals surface area (Å²) >= 11 is 7.32. The van der Waals surface area contributed by atoms with Crippen molar-refractivity contribution >= 4 is 28.8 Å². The second kappa shape index (κ2) is 9.58. The van der Waals surface area contributed by atoms with Gasteiger partial charge < -0.3 is 19.1 Å². The molecule has 1 aliphatic rings. The Morgan fingerprint density at radius 3 is 2.68 bits per heavy atom. The maximum absolute atomic E-state index is 13.2. The molecule has 0 aliphatic carbocycles. The van der Waals surface area contributed by atoms with E-state index >= 15 is 0 Å². The Kier molecular flexibility index (Phi) is 6.63. The summed E-state index contributed by atoms with van der Waals surface area (Å²) in [6.07, 6.45) is 1.81. The van der Waals surface area contributed by atoms with Crippen LogP contribution in [0, 0.1) is 0 Å². The molecule has 6 nitrogen and oxygen atoms in total. The summed E-state index contributed by atoms with van der Waals surface area (Å²) in [5.74, 6) is 2.08. The largest absolute Gasteiger partial charge is 0.497 e. The fourth-order valence-corrected chi connectivity index (χ4v) is 4.53. The van der Waals surface area contributed by atoms with Gasteiger partial charge in [-0.1, -0.05) is 11.6 Å². The summed E-state index contributed by atoms with van der Waals surface area (Å²) < 4.78 is 16.6. The standard InChI is InChI=1S/C23H23ClN2O4S/c1-28-17-9-10-18(21(12-17)29-2)20-4-3-11-26(20)23(27)19-14-31-22(25-19)13-30-16-7-5-15(24)6-8-16/h5-10,12,14,20H,3-4,11,13H2,1-2H3. The molecule has 8 heteroatoms. The molecule has 1 fully saturated rings. The molecule has 0 N–H and O–H groups in total. The van der Waals surface area contributed by atoms with Gasteiger partial charge in [0.1, 0.15) is 34.6 Å². The van der Waals surface area contributed by atoms with E-state index in [1.165, 1.54) is 11.3 Å². The molecule has 1 atom stereocenters. The van der Waals surface area contributed by atoms with E-state index in [2.05, 4.69) is 4.98 Å². The van der Waals surface area contributed by atoms with Crippen LogP contribution in [0.2, 0.25) is 5.02 Å². The summed E-state index contributed by atoms with van der Waals surface area (Å²) in [6, 6.07) is 12.8. The molecular formula is C23H23ClN2O4S. The van der Waals surface area contributed by atoms with E-state index in [1.54, 1.807) is 43.9 Å². The zero-order valence-corrected chi connectivity index (χ0v) is 18.9. The lowest BCUT2D eigenvalue weighted by atomic mass is 10.0. The summed E-state index contributed by atoms with van der Waals surface area (Å²) in [5.41, 5.74) is 1.43. The highest BCUT2D eigenvalue weighted by Gasteiger charge is 2.33. The van der Waals surface area contributed by atoms with Gasteiger partial charge in [-0.05, 0) is 49.2 Å². The fourth-order valence-electron chi connectivity index (χ4n) is 3.73. The molecule has 2 aromatic carbocycles. The number of hydrogen-bond acceptors (Lipinski definition) is 6. The van der Waals surface area contributed by atoms with E-state index in [-0.39, 0.29) is 11.9 Å². The van der Waals surface area contributed by atoms with Crippen LogP contribution in [0.25, 0.3) is 0 Å². The minimum atomic E-state index is -0.0747. The van der Waals surface area contributed by atoms with Gasteiger partial charge in [0.15, 0.2) is 0 Å². The van der Waals surface area contributed by atoms with Gasteiger partial charge in [0.05, 0.1) is 20.3 Å². The maximum atomic E-state index is 13.2. The van der Waals surface area contributed by atoms with Crippen LogP contribution < -0.4 is 14.2 Å². The maximum Gasteiger partial charge on any atom is 0.273 e. The Bertz CT molecular complexity index is 1050. The smallest absolute Gasteiger partial charge is 0.273 e. The first-order valence-electron chi connectivity index (χ1n) is 9.94. The molecule has 31 heavy (non-hydrogen) atoms. The molecule has 1 aromatic heterocycles. The Morgan fingerprint density at radius 1 is 1.16 bits per heavy atom. The number of ether oxygens (including phenoxy) is 3. The Labute approximate surface area is 190 Å². The lowest BCUT2D eigenvalue weighted by Gasteiger charge is -2.26. The summed E-state index contributed by atoms with van der Waals surface area (Å²) in [5, 5.41) is 3.20. The predicted octanol–water partition coefficient (Wildman–Crippen LogP) is 5.37. The van der Waals surface area contributed by atoms with Crippen LogP contribution in [0.5, 0.6) is 17.2 Å². The molecule has 162 valence electrons.